The molecule has 1 rings (SSSR count). The molecule has 0 aromatic heterocycles. The van der Waals surface area contributed by atoms with Gasteiger partial charge in [-0.25, -0.2) is 0 Å². The summed E-state index contributed by atoms with van der Waals surface area (Å²) in [6.07, 6.45) is 3.40. The van der Waals surface area contributed by atoms with Gasteiger partial charge < -0.3 is 5.73 Å². The molecule has 0 amide bonds. The van der Waals surface area contributed by atoms with Crippen molar-refractivity contribution in [3.8, 4) is 0 Å². The zero-order valence-electron chi connectivity index (χ0n) is 9.95. The Morgan fingerprint density at radius 1 is 1.38 bits per heavy atom. The topological polar surface area (TPSA) is 26.0 Å². The van der Waals surface area contributed by atoms with E-state index in [0.717, 1.165) is 23.7 Å². The van der Waals surface area contributed by atoms with Crippen LogP contribution in [0.4, 0.5) is 0 Å². The molecule has 2 N–H and O–H groups in total. The maximum absolute atomic E-state index is 6.19. The van der Waals surface area contributed by atoms with E-state index in [-0.39, 0.29) is 0 Å². The summed E-state index contributed by atoms with van der Waals surface area (Å²) in [5.74, 6) is 0. The predicted molar refractivity (Wildman–Crippen MR) is 77.0 cm³/mol. The molecule has 2 atom stereocenters. The molecule has 0 bridgehead atoms. The molecule has 0 saturated carbocycles. The number of hydrogen-bond acceptors (Lipinski definition) is 2. The Kier molecular flexibility index (Phi) is 6.47. The molecule has 1 nitrogen and oxygen atoms in total. The Balaban J connectivity index is 2.62. The number of hydrogen-bond donors (Lipinski definition) is 1. The van der Waals surface area contributed by atoms with Crippen molar-refractivity contribution in [3.05, 3.63) is 28.7 Å². The van der Waals surface area contributed by atoms with Crippen LogP contribution in [0.2, 0.25) is 0 Å². The van der Waals surface area contributed by atoms with Crippen LogP contribution in [0.1, 0.15) is 33.1 Å². The van der Waals surface area contributed by atoms with Crippen molar-refractivity contribution in [2.75, 3.05) is 0 Å². The maximum Gasteiger partial charge on any atom is 0.0243 e. The third kappa shape index (κ3) is 4.48. The van der Waals surface area contributed by atoms with Crippen molar-refractivity contribution in [1.82, 2.24) is 0 Å². The van der Waals surface area contributed by atoms with Crippen LogP contribution >= 0.6 is 27.7 Å². The summed E-state index contributed by atoms with van der Waals surface area (Å²) in [4.78, 5) is 1.30. The zero-order valence-corrected chi connectivity index (χ0v) is 12.4. The monoisotopic (exact) mass is 301 g/mol. The predicted octanol–water partition coefficient (Wildman–Crippen LogP) is 4.45. The Hall–Kier alpha value is 0.01000. The molecule has 0 saturated heterocycles. The molecule has 0 aliphatic rings. The first-order valence-electron chi connectivity index (χ1n) is 5.85. The fourth-order valence-electron chi connectivity index (χ4n) is 1.71. The van der Waals surface area contributed by atoms with Gasteiger partial charge in [-0.2, -0.15) is 0 Å². The largest absolute Gasteiger partial charge is 0.327 e. The smallest absolute Gasteiger partial charge is 0.0243 e. The molecule has 0 heterocycles. The summed E-state index contributed by atoms with van der Waals surface area (Å²) in [7, 11) is 0. The third-order valence-electron chi connectivity index (χ3n) is 2.59. The molecule has 0 aliphatic carbocycles. The number of benzene rings is 1. The van der Waals surface area contributed by atoms with Crippen molar-refractivity contribution in [2.24, 2.45) is 5.73 Å². The minimum Gasteiger partial charge on any atom is -0.327 e. The van der Waals surface area contributed by atoms with Gasteiger partial charge in [0.15, 0.2) is 0 Å². The molecule has 2 unspecified atom stereocenters. The van der Waals surface area contributed by atoms with E-state index in [1.165, 1.54) is 4.90 Å². The zero-order chi connectivity index (χ0) is 12.0. The first kappa shape index (κ1) is 14.1. The van der Waals surface area contributed by atoms with E-state index in [1.807, 2.05) is 11.8 Å². The molecule has 3 heteroatoms. The van der Waals surface area contributed by atoms with Gasteiger partial charge in [-0.3, -0.25) is 0 Å². The lowest BCUT2D eigenvalue weighted by Crippen LogP contribution is -2.31. The van der Waals surface area contributed by atoms with E-state index in [9.17, 15) is 0 Å². The maximum atomic E-state index is 6.19. The van der Waals surface area contributed by atoms with Crippen molar-refractivity contribution >= 4 is 27.7 Å². The fraction of sp³-hybridized carbons (Fsp3) is 0.538. The van der Waals surface area contributed by atoms with Gasteiger partial charge >= 0.3 is 0 Å². The number of thioether (sulfide) groups is 1. The van der Waals surface area contributed by atoms with Gasteiger partial charge in [-0.1, -0.05) is 42.3 Å². The number of halogens is 1. The highest BCUT2D eigenvalue weighted by Gasteiger charge is 2.16. The van der Waals surface area contributed by atoms with Crippen molar-refractivity contribution in [1.29, 1.82) is 0 Å². The average Bonchev–Trinajstić information content (AvgIpc) is 2.26. The number of rotatable bonds is 6. The van der Waals surface area contributed by atoms with Crippen LogP contribution < -0.4 is 5.73 Å². The van der Waals surface area contributed by atoms with Gasteiger partial charge in [-0.05, 0) is 31.0 Å². The summed E-state index contributed by atoms with van der Waals surface area (Å²) in [5, 5.41) is 0.522. The first-order valence-corrected chi connectivity index (χ1v) is 7.52. The highest BCUT2D eigenvalue weighted by molar-refractivity contribution is 9.10. The van der Waals surface area contributed by atoms with Crippen LogP contribution in [-0.2, 0) is 0 Å². The van der Waals surface area contributed by atoms with Crippen LogP contribution in [0.3, 0.4) is 0 Å². The third-order valence-corrected chi connectivity index (χ3v) is 4.59. The minimum absolute atomic E-state index is 0.305. The van der Waals surface area contributed by atoms with Crippen LogP contribution in [0.15, 0.2) is 33.6 Å². The normalized spacial score (nSPS) is 14.8. The first-order chi connectivity index (χ1) is 7.67. The second kappa shape index (κ2) is 7.36. The van der Waals surface area contributed by atoms with E-state index in [0.29, 0.717) is 11.3 Å². The van der Waals surface area contributed by atoms with E-state index in [2.05, 4.69) is 54.0 Å². The van der Waals surface area contributed by atoms with Crippen LogP contribution in [0, 0.1) is 0 Å². The minimum atomic E-state index is 0.305. The highest BCUT2D eigenvalue weighted by Crippen LogP contribution is 2.29. The molecule has 0 aliphatic heterocycles. The van der Waals surface area contributed by atoms with E-state index in [4.69, 9.17) is 5.73 Å². The lowest BCUT2D eigenvalue weighted by Gasteiger charge is -2.21. The van der Waals surface area contributed by atoms with Crippen molar-refractivity contribution in [3.63, 3.8) is 0 Å². The average molecular weight is 302 g/mol. The molecule has 1 aromatic carbocycles. The molecule has 90 valence electrons. The van der Waals surface area contributed by atoms with Crippen LogP contribution in [0.5, 0.6) is 0 Å². The lowest BCUT2D eigenvalue weighted by atomic mass is 10.1. The molecule has 1 aromatic rings. The highest BCUT2D eigenvalue weighted by atomic mass is 79.9. The van der Waals surface area contributed by atoms with Gasteiger partial charge in [0.25, 0.3) is 0 Å². The lowest BCUT2D eigenvalue weighted by molar-refractivity contribution is 0.567. The van der Waals surface area contributed by atoms with Gasteiger partial charge in [0, 0.05) is 20.7 Å². The van der Waals surface area contributed by atoms with E-state index >= 15 is 0 Å². The number of nitrogens with two attached hydrogens (primary N) is 1. The van der Waals surface area contributed by atoms with Crippen LogP contribution in [0.25, 0.3) is 0 Å². The van der Waals surface area contributed by atoms with Gasteiger partial charge in [-0.15, -0.1) is 11.8 Å². The van der Waals surface area contributed by atoms with Crippen molar-refractivity contribution < 1.29 is 0 Å². The van der Waals surface area contributed by atoms with Gasteiger partial charge in [0.1, 0.15) is 0 Å². The summed E-state index contributed by atoms with van der Waals surface area (Å²) in [5.41, 5.74) is 6.19. The van der Waals surface area contributed by atoms with E-state index in [1.54, 1.807) is 0 Å². The molecular formula is C13H20BrNS. The van der Waals surface area contributed by atoms with Crippen LogP contribution in [-0.4, -0.2) is 11.3 Å². The molecule has 16 heavy (non-hydrogen) atoms. The molecule has 0 radical (unpaired) electrons. The second-order valence-corrected chi connectivity index (χ2v) is 6.20. The Labute approximate surface area is 111 Å². The SMILES string of the molecule is CCCC(N)C(CC)Sc1cccc(Br)c1. The summed E-state index contributed by atoms with van der Waals surface area (Å²) in [6, 6.07) is 8.74. The molecular weight excluding hydrogens is 282 g/mol. The second-order valence-electron chi connectivity index (χ2n) is 3.97. The van der Waals surface area contributed by atoms with Gasteiger partial charge in [0.2, 0.25) is 0 Å². The standard InChI is InChI=1S/C13H20BrNS/c1-3-6-12(15)13(4-2)16-11-8-5-7-10(14)9-11/h5,7-9,12-13H,3-4,6,15H2,1-2H3. The van der Waals surface area contributed by atoms with Crippen molar-refractivity contribution in [2.45, 2.75) is 49.3 Å². The Morgan fingerprint density at radius 2 is 2.12 bits per heavy atom. The molecule has 0 spiro atoms. The molecule has 0 fully saturated rings. The quantitative estimate of drug-likeness (QED) is 0.786. The Morgan fingerprint density at radius 3 is 2.69 bits per heavy atom. The summed E-state index contributed by atoms with van der Waals surface area (Å²) >= 11 is 5.39. The van der Waals surface area contributed by atoms with E-state index < -0.39 is 0 Å². The Bertz CT molecular complexity index is 317. The summed E-state index contributed by atoms with van der Waals surface area (Å²) in [6.45, 7) is 4.40. The van der Waals surface area contributed by atoms with Gasteiger partial charge in [0.05, 0.1) is 0 Å². The summed E-state index contributed by atoms with van der Waals surface area (Å²) < 4.78 is 1.14. The fourth-order valence-corrected chi connectivity index (χ4v) is 3.44.